The number of aryl methyl sites for hydroxylation is 2. The summed E-state index contributed by atoms with van der Waals surface area (Å²) in [4.78, 5) is 24.6. The topological polar surface area (TPSA) is 49.4 Å². The van der Waals surface area contributed by atoms with Crippen LogP contribution >= 0.6 is 0 Å². The van der Waals surface area contributed by atoms with E-state index < -0.39 is 0 Å². The van der Waals surface area contributed by atoms with Crippen LogP contribution in [0, 0.1) is 13.8 Å². The number of hydrogen-bond donors (Lipinski definition) is 1. The summed E-state index contributed by atoms with van der Waals surface area (Å²) in [5.41, 5.74) is 2.90. The van der Waals surface area contributed by atoms with Crippen molar-refractivity contribution in [3.05, 3.63) is 29.3 Å². The molecule has 1 fully saturated rings. The maximum Gasteiger partial charge on any atom is 0.246 e. The monoisotopic (exact) mass is 218 g/mol. The first-order chi connectivity index (χ1) is 7.59. The molecule has 0 atom stereocenters. The molecule has 2 rings (SSSR count). The van der Waals surface area contributed by atoms with Crippen LogP contribution in [-0.2, 0) is 9.59 Å². The minimum atomic E-state index is -0.109. The second-order valence-corrected chi connectivity index (χ2v) is 4.00. The van der Waals surface area contributed by atoms with Crippen LogP contribution in [-0.4, -0.2) is 24.9 Å². The predicted octanol–water partition coefficient (Wildman–Crippen LogP) is 0.766. The van der Waals surface area contributed by atoms with Crippen molar-refractivity contribution in [2.24, 2.45) is 0 Å². The Morgan fingerprint density at radius 2 is 1.81 bits per heavy atom. The highest BCUT2D eigenvalue weighted by Crippen LogP contribution is 2.25. The van der Waals surface area contributed by atoms with Crippen LogP contribution in [0.25, 0.3) is 0 Å². The van der Waals surface area contributed by atoms with Crippen LogP contribution < -0.4 is 10.2 Å². The lowest BCUT2D eigenvalue weighted by Crippen LogP contribution is -2.52. The number of para-hydroxylation sites is 1. The number of piperazine rings is 1. The maximum atomic E-state index is 11.8. The van der Waals surface area contributed by atoms with Gasteiger partial charge in [-0.2, -0.15) is 0 Å². The summed E-state index contributed by atoms with van der Waals surface area (Å²) < 4.78 is 0. The van der Waals surface area contributed by atoms with E-state index in [1.807, 2.05) is 32.0 Å². The van der Waals surface area contributed by atoms with Gasteiger partial charge in [0.1, 0.15) is 6.54 Å². The summed E-state index contributed by atoms with van der Waals surface area (Å²) in [5.74, 6) is -0.167. The van der Waals surface area contributed by atoms with Crippen LogP contribution in [0.15, 0.2) is 18.2 Å². The second-order valence-electron chi connectivity index (χ2n) is 4.00. The molecule has 0 aliphatic carbocycles. The third-order valence-corrected chi connectivity index (χ3v) is 2.75. The van der Waals surface area contributed by atoms with E-state index in [4.69, 9.17) is 0 Å². The third kappa shape index (κ3) is 1.78. The number of rotatable bonds is 1. The van der Waals surface area contributed by atoms with Gasteiger partial charge in [-0.15, -0.1) is 0 Å². The lowest BCUT2D eigenvalue weighted by Gasteiger charge is -2.29. The van der Waals surface area contributed by atoms with E-state index >= 15 is 0 Å². The zero-order valence-electron chi connectivity index (χ0n) is 9.41. The molecule has 0 aromatic heterocycles. The molecule has 1 aromatic rings. The van der Waals surface area contributed by atoms with Crippen molar-refractivity contribution in [3.8, 4) is 0 Å². The molecule has 1 heterocycles. The second kappa shape index (κ2) is 3.96. The summed E-state index contributed by atoms with van der Waals surface area (Å²) >= 11 is 0. The van der Waals surface area contributed by atoms with E-state index in [2.05, 4.69) is 5.32 Å². The smallest absolute Gasteiger partial charge is 0.246 e. The molecule has 16 heavy (non-hydrogen) atoms. The summed E-state index contributed by atoms with van der Waals surface area (Å²) in [7, 11) is 0. The minimum Gasteiger partial charge on any atom is -0.345 e. The Morgan fingerprint density at radius 1 is 1.19 bits per heavy atom. The Balaban J connectivity index is 2.42. The van der Waals surface area contributed by atoms with Crippen molar-refractivity contribution >= 4 is 17.5 Å². The van der Waals surface area contributed by atoms with Gasteiger partial charge in [-0.05, 0) is 25.0 Å². The van der Waals surface area contributed by atoms with Crippen molar-refractivity contribution in [2.45, 2.75) is 13.8 Å². The first-order valence-electron chi connectivity index (χ1n) is 5.23. The van der Waals surface area contributed by atoms with Gasteiger partial charge in [0, 0.05) is 0 Å². The standard InChI is InChI=1S/C12H14N2O2/c1-8-4-3-5-9(2)12(8)14-7-10(15)13-6-11(14)16/h3-5H,6-7H2,1-2H3,(H,13,15). The Labute approximate surface area is 94.2 Å². The van der Waals surface area contributed by atoms with Gasteiger partial charge in [-0.1, -0.05) is 18.2 Å². The molecule has 0 spiro atoms. The summed E-state index contributed by atoms with van der Waals surface area (Å²) in [6.45, 7) is 4.10. The molecular formula is C12H14N2O2. The fraction of sp³-hybridized carbons (Fsp3) is 0.333. The summed E-state index contributed by atoms with van der Waals surface area (Å²) in [6.07, 6.45) is 0. The van der Waals surface area contributed by atoms with Gasteiger partial charge in [0.25, 0.3) is 0 Å². The van der Waals surface area contributed by atoms with E-state index in [9.17, 15) is 9.59 Å². The highest BCUT2D eigenvalue weighted by atomic mass is 16.2. The first-order valence-corrected chi connectivity index (χ1v) is 5.23. The van der Waals surface area contributed by atoms with Crippen LogP contribution in [0.1, 0.15) is 11.1 Å². The molecule has 1 aromatic carbocycles. The van der Waals surface area contributed by atoms with E-state index in [1.54, 1.807) is 4.90 Å². The molecule has 0 radical (unpaired) electrons. The molecule has 4 heteroatoms. The number of carbonyl (C=O) groups is 2. The Kier molecular flexibility index (Phi) is 2.64. The molecule has 2 amide bonds. The van der Waals surface area contributed by atoms with Crippen molar-refractivity contribution in [3.63, 3.8) is 0 Å². The maximum absolute atomic E-state index is 11.8. The molecule has 4 nitrogen and oxygen atoms in total. The number of nitrogens with zero attached hydrogens (tertiary/aromatic N) is 1. The highest BCUT2D eigenvalue weighted by molar-refractivity contribution is 6.05. The molecule has 0 unspecified atom stereocenters. The first kappa shape index (κ1) is 10.7. The lowest BCUT2D eigenvalue weighted by molar-refractivity contribution is -0.128. The van der Waals surface area contributed by atoms with Gasteiger partial charge < -0.3 is 10.2 Å². The average Bonchev–Trinajstić information content (AvgIpc) is 2.23. The van der Waals surface area contributed by atoms with Gasteiger partial charge in [0.2, 0.25) is 11.8 Å². The van der Waals surface area contributed by atoms with E-state index in [0.29, 0.717) is 0 Å². The van der Waals surface area contributed by atoms with Crippen LogP contribution in [0.2, 0.25) is 0 Å². The number of amides is 2. The molecule has 0 saturated carbocycles. The normalized spacial score (nSPS) is 16.2. The predicted molar refractivity (Wildman–Crippen MR) is 61.3 cm³/mol. The largest absolute Gasteiger partial charge is 0.345 e. The van der Waals surface area contributed by atoms with Gasteiger partial charge in [-0.25, -0.2) is 0 Å². The van der Waals surface area contributed by atoms with Crippen molar-refractivity contribution in [1.29, 1.82) is 0 Å². The van der Waals surface area contributed by atoms with Crippen LogP contribution in [0.4, 0.5) is 5.69 Å². The molecule has 1 aliphatic heterocycles. The SMILES string of the molecule is Cc1cccc(C)c1N1CC(=O)NCC1=O. The molecule has 84 valence electrons. The zero-order valence-corrected chi connectivity index (χ0v) is 9.41. The molecule has 1 saturated heterocycles. The Morgan fingerprint density at radius 3 is 2.44 bits per heavy atom. The van der Waals surface area contributed by atoms with Gasteiger partial charge >= 0.3 is 0 Å². The number of benzene rings is 1. The molecule has 0 bridgehead atoms. The molecule has 1 aliphatic rings. The van der Waals surface area contributed by atoms with Gasteiger partial charge in [-0.3, -0.25) is 9.59 Å². The van der Waals surface area contributed by atoms with E-state index in [0.717, 1.165) is 16.8 Å². The fourth-order valence-electron chi connectivity index (χ4n) is 1.99. The Hall–Kier alpha value is -1.84. The number of anilines is 1. The van der Waals surface area contributed by atoms with Crippen molar-refractivity contribution in [1.82, 2.24) is 5.32 Å². The van der Waals surface area contributed by atoms with E-state index in [-0.39, 0.29) is 24.9 Å². The molecular weight excluding hydrogens is 204 g/mol. The minimum absolute atomic E-state index is 0.0583. The third-order valence-electron chi connectivity index (χ3n) is 2.75. The number of carbonyl (C=O) groups excluding carboxylic acids is 2. The average molecular weight is 218 g/mol. The number of nitrogens with one attached hydrogen (secondary N) is 1. The number of hydrogen-bond acceptors (Lipinski definition) is 2. The van der Waals surface area contributed by atoms with Crippen LogP contribution in [0.3, 0.4) is 0 Å². The van der Waals surface area contributed by atoms with Crippen molar-refractivity contribution < 1.29 is 9.59 Å². The molecule has 1 N–H and O–H groups in total. The quantitative estimate of drug-likeness (QED) is 0.756. The van der Waals surface area contributed by atoms with Gasteiger partial charge in [0.05, 0.1) is 12.2 Å². The Bertz CT molecular complexity index is 434. The summed E-state index contributed by atoms with van der Waals surface area (Å²) in [6, 6.07) is 5.84. The highest BCUT2D eigenvalue weighted by Gasteiger charge is 2.26. The van der Waals surface area contributed by atoms with E-state index in [1.165, 1.54) is 0 Å². The lowest BCUT2D eigenvalue weighted by atomic mass is 10.1. The summed E-state index contributed by atoms with van der Waals surface area (Å²) in [5, 5.41) is 2.54. The van der Waals surface area contributed by atoms with Crippen LogP contribution in [0.5, 0.6) is 0 Å². The van der Waals surface area contributed by atoms with Gasteiger partial charge in [0.15, 0.2) is 0 Å². The fourth-order valence-corrected chi connectivity index (χ4v) is 1.99. The van der Waals surface area contributed by atoms with Crippen molar-refractivity contribution in [2.75, 3.05) is 18.0 Å². The zero-order chi connectivity index (χ0) is 11.7.